The van der Waals surface area contributed by atoms with Gasteiger partial charge in [-0.3, -0.25) is 0 Å². The Morgan fingerprint density at radius 1 is 1.30 bits per heavy atom. The van der Waals surface area contributed by atoms with Crippen LogP contribution in [-0.2, 0) is 0 Å². The summed E-state index contributed by atoms with van der Waals surface area (Å²) in [5, 5.41) is 8.95. The first kappa shape index (κ1) is 15.3. The SMILES string of the molecule is CC1(C)CN(C(=O)Nc2cccc(-n3cn[nH]c3=O)c2)C1(C)C. The zero-order chi connectivity index (χ0) is 16.8. The third-order valence-corrected chi connectivity index (χ3v) is 5.06. The highest BCUT2D eigenvalue weighted by Gasteiger charge is 2.54. The lowest BCUT2D eigenvalue weighted by Gasteiger charge is -2.60. The van der Waals surface area contributed by atoms with Crippen LogP contribution in [0.5, 0.6) is 0 Å². The lowest BCUT2D eigenvalue weighted by atomic mass is 9.65. The molecule has 1 fully saturated rings. The molecule has 1 saturated heterocycles. The second-order valence-electron chi connectivity index (χ2n) is 7.04. The number of hydrogen-bond acceptors (Lipinski definition) is 3. The maximum absolute atomic E-state index is 12.5. The highest BCUT2D eigenvalue weighted by molar-refractivity contribution is 5.91. The number of anilines is 1. The highest BCUT2D eigenvalue weighted by Crippen LogP contribution is 2.46. The van der Waals surface area contributed by atoms with Crippen molar-refractivity contribution in [2.45, 2.75) is 33.2 Å². The van der Waals surface area contributed by atoms with E-state index in [1.807, 2.05) is 4.90 Å². The molecule has 2 heterocycles. The summed E-state index contributed by atoms with van der Waals surface area (Å²) in [5.41, 5.74) is 0.858. The summed E-state index contributed by atoms with van der Waals surface area (Å²) in [6.07, 6.45) is 1.41. The molecule has 1 aliphatic heterocycles. The van der Waals surface area contributed by atoms with Crippen molar-refractivity contribution in [2.75, 3.05) is 11.9 Å². The van der Waals surface area contributed by atoms with Crippen LogP contribution in [0.4, 0.5) is 10.5 Å². The molecule has 7 heteroatoms. The Hall–Kier alpha value is -2.57. The van der Waals surface area contributed by atoms with Crippen molar-refractivity contribution in [1.82, 2.24) is 19.7 Å². The smallest absolute Gasteiger partial charge is 0.318 e. The van der Waals surface area contributed by atoms with Gasteiger partial charge in [0.25, 0.3) is 0 Å². The van der Waals surface area contributed by atoms with Gasteiger partial charge in [-0.1, -0.05) is 19.9 Å². The fourth-order valence-electron chi connectivity index (χ4n) is 2.74. The molecule has 3 rings (SSSR count). The molecule has 0 radical (unpaired) electrons. The van der Waals surface area contributed by atoms with Gasteiger partial charge < -0.3 is 10.2 Å². The number of likely N-dealkylation sites (tertiary alicyclic amines) is 1. The van der Waals surface area contributed by atoms with E-state index in [-0.39, 0.29) is 22.7 Å². The normalized spacial score (nSPS) is 18.3. The summed E-state index contributed by atoms with van der Waals surface area (Å²) < 4.78 is 1.38. The molecule has 0 unspecified atom stereocenters. The number of amides is 2. The summed E-state index contributed by atoms with van der Waals surface area (Å²) in [6.45, 7) is 9.16. The quantitative estimate of drug-likeness (QED) is 0.891. The van der Waals surface area contributed by atoms with Gasteiger partial charge in [-0.05, 0) is 32.0 Å². The van der Waals surface area contributed by atoms with E-state index in [9.17, 15) is 9.59 Å². The lowest BCUT2D eigenvalue weighted by molar-refractivity contribution is -0.0770. The van der Waals surface area contributed by atoms with E-state index in [4.69, 9.17) is 0 Å². The van der Waals surface area contributed by atoms with E-state index in [1.165, 1.54) is 10.9 Å². The van der Waals surface area contributed by atoms with Crippen LogP contribution in [0.25, 0.3) is 5.69 Å². The van der Waals surface area contributed by atoms with Crippen LogP contribution in [0.15, 0.2) is 35.4 Å². The summed E-state index contributed by atoms with van der Waals surface area (Å²) in [6, 6.07) is 6.97. The van der Waals surface area contributed by atoms with Gasteiger partial charge in [0.05, 0.1) is 5.69 Å². The maximum atomic E-state index is 12.5. The summed E-state index contributed by atoms with van der Waals surface area (Å²) in [4.78, 5) is 25.9. The number of carbonyl (C=O) groups excluding carboxylic acids is 1. The first-order valence-corrected chi connectivity index (χ1v) is 7.53. The topological polar surface area (TPSA) is 83.0 Å². The summed E-state index contributed by atoms with van der Waals surface area (Å²) >= 11 is 0. The van der Waals surface area contributed by atoms with Crippen LogP contribution in [0.2, 0.25) is 0 Å². The van der Waals surface area contributed by atoms with E-state index < -0.39 is 0 Å². The van der Waals surface area contributed by atoms with Crippen molar-refractivity contribution in [3.8, 4) is 5.69 Å². The molecule has 0 saturated carbocycles. The molecule has 2 N–H and O–H groups in total. The van der Waals surface area contributed by atoms with E-state index >= 15 is 0 Å². The highest BCUT2D eigenvalue weighted by atomic mass is 16.2. The van der Waals surface area contributed by atoms with Crippen molar-refractivity contribution in [2.24, 2.45) is 5.41 Å². The summed E-state index contributed by atoms with van der Waals surface area (Å²) in [5.74, 6) is 0. The third-order valence-electron chi connectivity index (χ3n) is 5.06. The van der Waals surface area contributed by atoms with Gasteiger partial charge >= 0.3 is 11.7 Å². The maximum Gasteiger partial charge on any atom is 0.347 e. The Bertz CT molecular complexity index is 803. The molecule has 23 heavy (non-hydrogen) atoms. The number of urea groups is 1. The number of aromatic nitrogens is 3. The molecule has 2 aromatic rings. The molecule has 0 bridgehead atoms. The minimum atomic E-state index is -0.320. The van der Waals surface area contributed by atoms with Gasteiger partial charge in [-0.25, -0.2) is 19.3 Å². The minimum absolute atomic E-state index is 0.0935. The Labute approximate surface area is 134 Å². The molecule has 122 valence electrons. The van der Waals surface area contributed by atoms with E-state index in [2.05, 4.69) is 43.2 Å². The molecule has 0 spiro atoms. The third kappa shape index (κ3) is 2.42. The van der Waals surface area contributed by atoms with Crippen LogP contribution >= 0.6 is 0 Å². The standard InChI is InChI=1S/C16H21N5O2/c1-15(2)9-21(16(15,3)4)13(22)18-11-6-5-7-12(8-11)20-10-17-19-14(20)23/h5-8,10H,9H2,1-4H3,(H,18,22)(H,19,23). The number of nitrogens with zero attached hydrogens (tertiary/aromatic N) is 3. The van der Waals surface area contributed by atoms with Crippen molar-refractivity contribution >= 4 is 11.7 Å². The van der Waals surface area contributed by atoms with Gasteiger partial charge in [-0.2, -0.15) is 5.10 Å². The Morgan fingerprint density at radius 2 is 2.04 bits per heavy atom. The van der Waals surface area contributed by atoms with Crippen LogP contribution in [0, 0.1) is 5.41 Å². The first-order valence-electron chi connectivity index (χ1n) is 7.53. The first-order chi connectivity index (χ1) is 10.7. The molecule has 1 aromatic carbocycles. The molecular weight excluding hydrogens is 294 g/mol. The van der Waals surface area contributed by atoms with Crippen molar-refractivity contribution in [3.63, 3.8) is 0 Å². The Morgan fingerprint density at radius 3 is 2.61 bits per heavy atom. The zero-order valence-corrected chi connectivity index (χ0v) is 13.8. The number of carbonyl (C=O) groups is 1. The van der Waals surface area contributed by atoms with Gasteiger partial charge in [-0.15, -0.1) is 0 Å². The molecule has 7 nitrogen and oxygen atoms in total. The van der Waals surface area contributed by atoms with Crippen molar-refractivity contribution in [3.05, 3.63) is 41.1 Å². The number of hydrogen-bond donors (Lipinski definition) is 2. The fraction of sp³-hybridized carbons (Fsp3) is 0.438. The van der Waals surface area contributed by atoms with Crippen LogP contribution < -0.4 is 11.0 Å². The average Bonchev–Trinajstić information content (AvgIpc) is 2.91. The summed E-state index contributed by atoms with van der Waals surface area (Å²) in [7, 11) is 0. The largest absolute Gasteiger partial charge is 0.347 e. The average molecular weight is 315 g/mol. The Kier molecular flexibility index (Phi) is 3.31. The number of benzene rings is 1. The molecule has 2 amide bonds. The van der Waals surface area contributed by atoms with Gasteiger partial charge in [0, 0.05) is 23.2 Å². The molecule has 1 aromatic heterocycles. The van der Waals surface area contributed by atoms with Crippen molar-refractivity contribution in [1.29, 1.82) is 0 Å². The van der Waals surface area contributed by atoms with E-state index in [1.54, 1.807) is 24.3 Å². The van der Waals surface area contributed by atoms with Gasteiger partial charge in [0.15, 0.2) is 0 Å². The minimum Gasteiger partial charge on any atom is -0.318 e. The number of aromatic amines is 1. The predicted molar refractivity (Wildman–Crippen MR) is 87.8 cm³/mol. The molecule has 0 atom stereocenters. The number of rotatable bonds is 2. The van der Waals surface area contributed by atoms with Crippen molar-refractivity contribution < 1.29 is 4.79 Å². The Balaban J connectivity index is 1.78. The second kappa shape index (κ2) is 4.97. The van der Waals surface area contributed by atoms with E-state index in [0.717, 1.165) is 0 Å². The molecular formula is C16H21N5O2. The van der Waals surface area contributed by atoms with Gasteiger partial charge in [0.2, 0.25) is 0 Å². The van der Waals surface area contributed by atoms with Gasteiger partial charge in [0.1, 0.15) is 6.33 Å². The second-order valence-corrected chi connectivity index (χ2v) is 7.04. The van der Waals surface area contributed by atoms with Crippen LogP contribution in [-0.4, -0.2) is 37.8 Å². The monoisotopic (exact) mass is 315 g/mol. The van der Waals surface area contributed by atoms with Crippen LogP contribution in [0.3, 0.4) is 0 Å². The predicted octanol–water partition coefficient (Wildman–Crippen LogP) is 2.21. The fourth-order valence-corrected chi connectivity index (χ4v) is 2.74. The number of H-pyrrole nitrogens is 1. The zero-order valence-electron chi connectivity index (χ0n) is 13.8. The molecule has 1 aliphatic rings. The van der Waals surface area contributed by atoms with E-state index in [0.29, 0.717) is 17.9 Å². The number of nitrogens with one attached hydrogen (secondary N) is 2. The molecule has 0 aliphatic carbocycles. The van der Waals surface area contributed by atoms with Crippen LogP contribution in [0.1, 0.15) is 27.7 Å². The lowest BCUT2D eigenvalue weighted by Crippen LogP contribution is -2.71.